The lowest BCUT2D eigenvalue weighted by atomic mass is 9.89. The second-order valence-corrected chi connectivity index (χ2v) is 4.48. The van der Waals surface area contributed by atoms with Gasteiger partial charge < -0.3 is 15.6 Å². The van der Waals surface area contributed by atoms with Crippen LogP contribution in [0.4, 0.5) is 0 Å². The molecule has 2 atom stereocenters. The van der Waals surface area contributed by atoms with Crippen LogP contribution >= 0.6 is 0 Å². The maximum absolute atomic E-state index is 10.5. The molecule has 1 heterocycles. The van der Waals surface area contributed by atoms with Crippen LogP contribution in [0.5, 0.6) is 0 Å². The zero-order valence-electron chi connectivity index (χ0n) is 8.12. The van der Waals surface area contributed by atoms with Gasteiger partial charge in [-0.2, -0.15) is 0 Å². The highest BCUT2D eigenvalue weighted by atomic mass is 16.5. The van der Waals surface area contributed by atoms with E-state index in [0.29, 0.717) is 13.0 Å². The fourth-order valence-electron chi connectivity index (χ4n) is 1.61. The van der Waals surface area contributed by atoms with Crippen molar-refractivity contribution in [2.24, 2.45) is 11.1 Å². The number of carboxylic acids is 1. The molecule has 0 bridgehead atoms. The highest BCUT2D eigenvalue weighted by Gasteiger charge is 2.33. The van der Waals surface area contributed by atoms with Crippen molar-refractivity contribution in [3.63, 3.8) is 0 Å². The van der Waals surface area contributed by atoms with Crippen molar-refractivity contribution in [1.29, 1.82) is 0 Å². The molecule has 3 N–H and O–H groups in total. The Balaban J connectivity index is 2.36. The number of hydrogen-bond donors (Lipinski definition) is 2. The first-order chi connectivity index (χ1) is 5.91. The second kappa shape index (κ2) is 3.64. The lowest BCUT2D eigenvalue weighted by Crippen LogP contribution is -2.33. The molecule has 0 saturated carbocycles. The van der Waals surface area contributed by atoms with Crippen LogP contribution in [0.3, 0.4) is 0 Å². The van der Waals surface area contributed by atoms with Crippen molar-refractivity contribution in [2.75, 3.05) is 6.61 Å². The molecule has 0 amide bonds. The molecule has 0 aromatic heterocycles. The molecule has 4 nitrogen and oxygen atoms in total. The quantitative estimate of drug-likeness (QED) is 0.678. The number of carboxylic acid groups (broad SMARTS) is 1. The van der Waals surface area contributed by atoms with E-state index in [4.69, 9.17) is 15.6 Å². The Morgan fingerprint density at radius 2 is 2.38 bits per heavy atom. The monoisotopic (exact) mass is 187 g/mol. The molecule has 76 valence electrons. The Morgan fingerprint density at radius 3 is 2.77 bits per heavy atom. The fraction of sp³-hybridized carbons (Fsp3) is 0.889. The van der Waals surface area contributed by atoms with E-state index in [2.05, 4.69) is 13.8 Å². The van der Waals surface area contributed by atoms with E-state index in [0.717, 1.165) is 6.42 Å². The third-order valence-electron chi connectivity index (χ3n) is 2.32. The van der Waals surface area contributed by atoms with E-state index < -0.39 is 12.0 Å². The van der Waals surface area contributed by atoms with Crippen LogP contribution in [0, 0.1) is 5.41 Å². The number of rotatable bonds is 3. The normalized spacial score (nSPS) is 28.7. The number of ether oxygens (including phenoxy) is 1. The average Bonchev–Trinajstić information content (AvgIpc) is 2.30. The number of aliphatic carboxylic acids is 1. The number of hydrogen-bond acceptors (Lipinski definition) is 3. The van der Waals surface area contributed by atoms with Gasteiger partial charge >= 0.3 is 5.97 Å². The minimum Gasteiger partial charge on any atom is -0.480 e. The maximum Gasteiger partial charge on any atom is 0.320 e. The van der Waals surface area contributed by atoms with Gasteiger partial charge in [0.05, 0.1) is 12.7 Å². The summed E-state index contributed by atoms with van der Waals surface area (Å²) in [6, 6.07) is -0.793. The van der Waals surface area contributed by atoms with Crippen molar-refractivity contribution in [3.05, 3.63) is 0 Å². The van der Waals surface area contributed by atoms with Gasteiger partial charge in [0, 0.05) is 0 Å². The van der Waals surface area contributed by atoms with Crippen LogP contribution in [0.15, 0.2) is 0 Å². The molecular formula is C9H17NO3. The van der Waals surface area contributed by atoms with Gasteiger partial charge in [-0.05, 0) is 18.3 Å². The van der Waals surface area contributed by atoms with Crippen LogP contribution < -0.4 is 5.73 Å². The minimum atomic E-state index is -0.951. The summed E-state index contributed by atoms with van der Waals surface area (Å²) in [6.07, 6.45) is 1.33. The molecule has 0 radical (unpaired) electrons. The summed E-state index contributed by atoms with van der Waals surface area (Å²) in [4.78, 5) is 10.5. The van der Waals surface area contributed by atoms with E-state index >= 15 is 0 Å². The van der Waals surface area contributed by atoms with Gasteiger partial charge in [0.1, 0.15) is 6.04 Å². The first-order valence-electron chi connectivity index (χ1n) is 4.51. The van der Waals surface area contributed by atoms with E-state index in [1.165, 1.54) is 0 Å². The topological polar surface area (TPSA) is 72.5 Å². The van der Waals surface area contributed by atoms with E-state index in [-0.39, 0.29) is 11.5 Å². The van der Waals surface area contributed by atoms with Crippen LogP contribution in [0.25, 0.3) is 0 Å². The molecule has 0 spiro atoms. The summed E-state index contributed by atoms with van der Waals surface area (Å²) in [7, 11) is 0. The minimum absolute atomic E-state index is 0.0149. The summed E-state index contributed by atoms with van der Waals surface area (Å²) < 4.78 is 5.45. The first kappa shape index (κ1) is 10.5. The molecule has 13 heavy (non-hydrogen) atoms. The zero-order valence-corrected chi connectivity index (χ0v) is 8.12. The number of nitrogens with two attached hydrogens (primary N) is 1. The standard InChI is InChI=1S/C9H17NO3/c1-9(2)4-6(13-5-9)3-7(10)8(11)12/h6-7H,3-5,10H2,1-2H3,(H,11,12)/t6?,7-/m1/s1. The SMILES string of the molecule is CC1(C)COC(C[C@@H](N)C(=O)O)C1. The van der Waals surface area contributed by atoms with E-state index in [1.54, 1.807) is 0 Å². The fourth-order valence-corrected chi connectivity index (χ4v) is 1.61. The van der Waals surface area contributed by atoms with Gasteiger partial charge in [-0.25, -0.2) is 0 Å². The largest absolute Gasteiger partial charge is 0.480 e. The smallest absolute Gasteiger partial charge is 0.320 e. The predicted octanol–water partition coefficient (Wildman–Crippen LogP) is 0.603. The molecule has 1 aliphatic rings. The van der Waals surface area contributed by atoms with E-state index in [9.17, 15) is 4.79 Å². The van der Waals surface area contributed by atoms with Gasteiger partial charge in [-0.1, -0.05) is 13.8 Å². The van der Waals surface area contributed by atoms with Gasteiger partial charge in [0.25, 0.3) is 0 Å². The molecule has 0 aromatic rings. The lowest BCUT2D eigenvalue weighted by Gasteiger charge is -2.15. The molecular weight excluding hydrogens is 170 g/mol. The predicted molar refractivity (Wildman–Crippen MR) is 48.4 cm³/mol. The summed E-state index contributed by atoms with van der Waals surface area (Å²) >= 11 is 0. The Hall–Kier alpha value is -0.610. The number of carbonyl (C=O) groups is 1. The van der Waals surface area contributed by atoms with Crippen LogP contribution in [-0.4, -0.2) is 29.8 Å². The van der Waals surface area contributed by atoms with Crippen molar-refractivity contribution in [3.8, 4) is 0 Å². The highest BCUT2D eigenvalue weighted by Crippen LogP contribution is 2.32. The highest BCUT2D eigenvalue weighted by molar-refractivity contribution is 5.73. The second-order valence-electron chi connectivity index (χ2n) is 4.48. The van der Waals surface area contributed by atoms with Crippen molar-refractivity contribution < 1.29 is 14.6 Å². The summed E-state index contributed by atoms with van der Waals surface area (Å²) in [5, 5.41) is 8.59. The summed E-state index contributed by atoms with van der Waals surface area (Å²) in [5.41, 5.74) is 5.57. The molecule has 1 rings (SSSR count). The maximum atomic E-state index is 10.5. The molecule has 1 fully saturated rings. The Labute approximate surface area is 78.1 Å². The molecule has 0 aliphatic carbocycles. The molecule has 4 heteroatoms. The van der Waals surface area contributed by atoms with Crippen molar-refractivity contribution >= 4 is 5.97 Å². The molecule has 0 aromatic carbocycles. The van der Waals surface area contributed by atoms with E-state index in [1.807, 2.05) is 0 Å². The van der Waals surface area contributed by atoms with Crippen molar-refractivity contribution in [1.82, 2.24) is 0 Å². The van der Waals surface area contributed by atoms with Crippen molar-refractivity contribution in [2.45, 2.75) is 38.8 Å². The summed E-state index contributed by atoms with van der Waals surface area (Å²) in [5.74, 6) is -0.951. The third-order valence-corrected chi connectivity index (χ3v) is 2.32. The first-order valence-corrected chi connectivity index (χ1v) is 4.51. The Kier molecular flexibility index (Phi) is 2.93. The lowest BCUT2D eigenvalue weighted by molar-refractivity contribution is -0.139. The van der Waals surface area contributed by atoms with Crippen LogP contribution in [0.2, 0.25) is 0 Å². The molecule has 1 saturated heterocycles. The molecule has 1 aliphatic heterocycles. The van der Waals surface area contributed by atoms with Crippen LogP contribution in [0.1, 0.15) is 26.7 Å². The summed E-state index contributed by atoms with van der Waals surface area (Å²) in [6.45, 7) is 4.92. The van der Waals surface area contributed by atoms with Gasteiger partial charge in [0.15, 0.2) is 0 Å². The van der Waals surface area contributed by atoms with Gasteiger partial charge in [-0.3, -0.25) is 4.79 Å². The third kappa shape index (κ3) is 2.97. The zero-order chi connectivity index (χ0) is 10.1. The van der Waals surface area contributed by atoms with Gasteiger partial charge in [-0.15, -0.1) is 0 Å². The Bertz CT molecular complexity index is 203. The van der Waals surface area contributed by atoms with Crippen LogP contribution in [-0.2, 0) is 9.53 Å². The van der Waals surface area contributed by atoms with Gasteiger partial charge in [0.2, 0.25) is 0 Å². The Morgan fingerprint density at radius 1 is 1.77 bits per heavy atom. The molecule has 1 unspecified atom stereocenters. The average molecular weight is 187 g/mol.